The number of hydrogen-bond donors (Lipinski definition) is 0. The highest BCUT2D eigenvalue weighted by Crippen LogP contribution is 2.32. The molecule has 0 unspecified atom stereocenters. The highest BCUT2D eigenvalue weighted by atomic mass is 79.9. The van der Waals surface area contributed by atoms with Gasteiger partial charge in [0.25, 0.3) is 0 Å². The van der Waals surface area contributed by atoms with Crippen LogP contribution < -0.4 is 0 Å². The van der Waals surface area contributed by atoms with Gasteiger partial charge in [-0.1, -0.05) is 15.9 Å². The molecular weight excluding hydrogens is 388 g/mol. The van der Waals surface area contributed by atoms with Crippen LogP contribution in [0.1, 0.15) is 41.5 Å². The summed E-state index contributed by atoms with van der Waals surface area (Å²) in [5.74, 6) is 0. The molecule has 0 spiro atoms. The first-order valence-corrected chi connectivity index (χ1v) is 12.5. The molecule has 0 N–H and O–H groups in total. The Morgan fingerprint density at radius 3 is 0.864 bits per heavy atom. The van der Waals surface area contributed by atoms with Crippen LogP contribution in [-0.2, 0) is 26.6 Å². The Labute approximate surface area is 145 Å². The summed E-state index contributed by atoms with van der Waals surface area (Å²) in [6.07, 6.45) is 0. The van der Waals surface area contributed by atoms with Crippen LogP contribution in [0.2, 0.25) is 0 Å². The minimum Gasteiger partial charge on any atom is -0.373 e. The molecule has 134 valence electrons. The Balaban J connectivity index is 5.67. The van der Waals surface area contributed by atoms with Crippen molar-refractivity contribution in [1.82, 2.24) is 0 Å². The molecule has 0 atom stereocenters. The molecule has 0 radical (unpaired) electrons. The fraction of sp³-hybridized carbons (Fsp3) is 1.00. The highest BCUT2D eigenvalue weighted by molar-refractivity contribution is 9.10. The Bertz CT molecular complexity index is 225. The highest BCUT2D eigenvalue weighted by Gasteiger charge is 2.65. The summed E-state index contributed by atoms with van der Waals surface area (Å²) in [5.41, 5.74) is 0. The van der Waals surface area contributed by atoms with Gasteiger partial charge in [-0.05, 0) is 41.5 Å². The molecule has 22 heavy (non-hydrogen) atoms. The first kappa shape index (κ1) is 22.7. The van der Waals surface area contributed by atoms with Gasteiger partial charge in [0, 0.05) is 39.6 Å². The second-order valence-electron chi connectivity index (χ2n) is 4.17. The predicted molar refractivity (Wildman–Crippen MR) is 94.0 cm³/mol. The minimum absolute atomic E-state index is 0.368. The molecule has 0 aromatic carbocycles. The van der Waals surface area contributed by atoms with E-state index in [1.165, 1.54) is 0 Å². The molecule has 0 fully saturated rings. The molecule has 9 heteroatoms. The zero-order valence-corrected chi connectivity index (χ0v) is 18.2. The van der Waals surface area contributed by atoms with Crippen LogP contribution in [0.15, 0.2) is 0 Å². The summed E-state index contributed by atoms with van der Waals surface area (Å²) >= 11 is 3.70. The summed E-state index contributed by atoms with van der Waals surface area (Å²) in [7, 11) is -6.09. The van der Waals surface area contributed by atoms with Crippen LogP contribution in [0.5, 0.6) is 0 Å². The van der Waals surface area contributed by atoms with E-state index in [1.54, 1.807) is 0 Å². The van der Waals surface area contributed by atoms with E-state index in [2.05, 4.69) is 15.9 Å². The molecule has 6 nitrogen and oxygen atoms in total. The fourth-order valence-corrected chi connectivity index (χ4v) is 11.5. The average molecular weight is 419 g/mol. The molecule has 0 bridgehead atoms. The summed E-state index contributed by atoms with van der Waals surface area (Å²) in [4.78, 5) is 0. The van der Waals surface area contributed by atoms with Crippen molar-refractivity contribution in [3.63, 3.8) is 0 Å². The van der Waals surface area contributed by atoms with Gasteiger partial charge in [-0.25, -0.2) is 0 Å². The lowest BCUT2D eigenvalue weighted by molar-refractivity contribution is 0.0453. The number of hydrogen-bond acceptors (Lipinski definition) is 6. The van der Waals surface area contributed by atoms with Crippen molar-refractivity contribution in [2.24, 2.45) is 0 Å². The van der Waals surface area contributed by atoms with Crippen molar-refractivity contribution in [3.05, 3.63) is 0 Å². The van der Waals surface area contributed by atoms with Gasteiger partial charge in [0.2, 0.25) is 0 Å². The van der Waals surface area contributed by atoms with Crippen LogP contribution in [0.25, 0.3) is 0 Å². The van der Waals surface area contributed by atoms with Crippen LogP contribution >= 0.6 is 15.9 Å². The van der Waals surface area contributed by atoms with Gasteiger partial charge in [-0.2, -0.15) is 0 Å². The van der Waals surface area contributed by atoms with Crippen LogP contribution in [0.4, 0.5) is 0 Å². The van der Waals surface area contributed by atoms with Crippen LogP contribution in [0.3, 0.4) is 0 Å². The third-order valence-corrected chi connectivity index (χ3v) is 13.6. The molecule has 0 saturated carbocycles. The van der Waals surface area contributed by atoms with Crippen molar-refractivity contribution in [3.8, 4) is 0 Å². The molecule has 0 saturated heterocycles. The Kier molecular flexibility index (Phi) is 12.5. The maximum atomic E-state index is 5.96. The van der Waals surface area contributed by atoms with Crippen LogP contribution in [-0.4, -0.2) is 61.3 Å². The van der Waals surface area contributed by atoms with E-state index in [4.69, 9.17) is 26.6 Å². The summed E-state index contributed by atoms with van der Waals surface area (Å²) in [5, 5.41) is 0. The molecule has 0 aliphatic heterocycles. The molecule has 0 aromatic rings. The van der Waals surface area contributed by atoms with E-state index in [0.717, 1.165) is 0 Å². The van der Waals surface area contributed by atoms with Gasteiger partial charge in [-0.3, -0.25) is 0 Å². The number of rotatable bonds is 14. The van der Waals surface area contributed by atoms with Gasteiger partial charge in [-0.15, -0.1) is 0 Å². The maximum absolute atomic E-state index is 5.96. The van der Waals surface area contributed by atoms with Crippen molar-refractivity contribution < 1.29 is 26.6 Å². The van der Waals surface area contributed by atoms with E-state index in [-0.39, 0.29) is 4.07 Å². The second kappa shape index (κ2) is 12.1. The summed E-state index contributed by atoms with van der Waals surface area (Å²) < 4.78 is 35.4. The van der Waals surface area contributed by atoms with Crippen molar-refractivity contribution in [1.29, 1.82) is 0 Å². The molecule has 0 heterocycles. The van der Waals surface area contributed by atoms with E-state index in [0.29, 0.717) is 39.6 Å². The van der Waals surface area contributed by atoms with Gasteiger partial charge in [0.05, 0.1) is 0 Å². The molecule has 0 aromatic heterocycles. The lowest BCUT2D eigenvalue weighted by Crippen LogP contribution is -2.69. The zero-order chi connectivity index (χ0) is 17.1. The van der Waals surface area contributed by atoms with E-state index < -0.39 is 17.6 Å². The maximum Gasteiger partial charge on any atom is 0.519 e. The summed E-state index contributed by atoms with van der Waals surface area (Å²) in [6.45, 7) is 14.5. The topological polar surface area (TPSA) is 55.4 Å². The molecule has 0 rings (SSSR count). The quantitative estimate of drug-likeness (QED) is 0.319. The Hall–Kier alpha value is 0.674. The van der Waals surface area contributed by atoms with E-state index in [1.807, 2.05) is 41.5 Å². The molecule has 0 aliphatic carbocycles. The zero-order valence-electron chi connectivity index (χ0n) is 14.6. The average Bonchev–Trinajstić information content (AvgIpc) is 2.48. The normalized spacial score (nSPS) is 13.1. The lowest BCUT2D eigenvalue weighted by atomic mass is 10.9. The first-order chi connectivity index (χ1) is 10.5. The number of alkyl halides is 1. The van der Waals surface area contributed by atoms with Crippen LogP contribution in [0, 0.1) is 0 Å². The van der Waals surface area contributed by atoms with Gasteiger partial charge < -0.3 is 26.6 Å². The summed E-state index contributed by atoms with van der Waals surface area (Å²) in [6, 6.07) is 0. The Morgan fingerprint density at radius 1 is 0.545 bits per heavy atom. The van der Waals surface area contributed by atoms with Crippen molar-refractivity contribution in [2.75, 3.05) is 39.6 Å². The predicted octanol–water partition coefficient (Wildman–Crippen LogP) is 2.93. The number of halogens is 1. The third-order valence-electron chi connectivity index (χ3n) is 2.69. The largest absolute Gasteiger partial charge is 0.519 e. The fourth-order valence-electron chi connectivity index (χ4n) is 2.11. The monoisotopic (exact) mass is 418 g/mol. The molecule has 0 aliphatic rings. The van der Waals surface area contributed by atoms with Crippen molar-refractivity contribution in [2.45, 2.75) is 45.6 Å². The minimum atomic E-state index is -3.04. The van der Waals surface area contributed by atoms with Crippen molar-refractivity contribution >= 4 is 33.5 Å². The van der Waals surface area contributed by atoms with Gasteiger partial charge in [0.1, 0.15) is 0 Å². The molecular formula is C13H31BrO6Si2. The van der Waals surface area contributed by atoms with E-state index >= 15 is 0 Å². The van der Waals surface area contributed by atoms with Gasteiger partial charge >= 0.3 is 17.6 Å². The first-order valence-electron chi connectivity index (χ1n) is 8.00. The SMILES string of the molecule is CCO[Si](OCC)(OCC)C(Br)[Si](OCC)(OCC)OCC. The van der Waals surface area contributed by atoms with E-state index in [9.17, 15) is 0 Å². The smallest absolute Gasteiger partial charge is 0.373 e. The second-order valence-corrected chi connectivity index (χ2v) is 12.7. The van der Waals surface area contributed by atoms with Gasteiger partial charge in [0.15, 0.2) is 4.07 Å². The molecule has 0 amide bonds. The standard InChI is InChI=1S/C13H31BrO6Si2/c1-7-15-21(16-8-2,17-9-3)13(14)22(18-10-4,19-11-5)20-12-6/h13H,7-12H2,1-6H3. The third kappa shape index (κ3) is 5.95. The lowest BCUT2D eigenvalue weighted by Gasteiger charge is -2.39. The Morgan fingerprint density at radius 2 is 0.727 bits per heavy atom.